The van der Waals surface area contributed by atoms with Gasteiger partial charge in [0.05, 0.1) is 22.7 Å². The van der Waals surface area contributed by atoms with Gasteiger partial charge in [0.2, 0.25) is 0 Å². The zero-order valence-electron chi connectivity index (χ0n) is 16.8. The average molecular weight is 444 g/mol. The maximum absolute atomic E-state index is 12.7. The third-order valence-corrected chi connectivity index (χ3v) is 6.20. The second-order valence-corrected chi connectivity index (χ2v) is 8.15. The third-order valence-electron chi connectivity index (χ3n) is 5.12. The van der Waals surface area contributed by atoms with Crippen molar-refractivity contribution < 1.29 is 14.4 Å². The lowest BCUT2D eigenvalue weighted by atomic mass is 10.1. The Morgan fingerprint density at radius 2 is 1.94 bits per heavy atom. The lowest BCUT2D eigenvalue weighted by molar-refractivity contribution is 0.0693. The van der Waals surface area contributed by atoms with Gasteiger partial charge in [-0.25, -0.2) is 9.97 Å². The fraction of sp³-hybridized carbons (Fsp3) is 0.0909. The van der Waals surface area contributed by atoms with E-state index in [1.165, 1.54) is 25.5 Å². The SMILES string of the molecule is CN1C(=O)c2ccc(C(=O)Nc3cccc(CSc4ncnc5[nH]ncc45)c3)cc2C1=O. The number of fused-ring (bicyclic) bond motifs is 2. The van der Waals surface area contributed by atoms with Crippen molar-refractivity contribution in [2.45, 2.75) is 10.8 Å². The van der Waals surface area contributed by atoms with Gasteiger partial charge in [0.25, 0.3) is 17.7 Å². The molecule has 1 aliphatic heterocycles. The van der Waals surface area contributed by atoms with Crippen molar-refractivity contribution in [3.05, 3.63) is 77.2 Å². The maximum Gasteiger partial charge on any atom is 0.261 e. The number of hydrogen-bond acceptors (Lipinski definition) is 7. The van der Waals surface area contributed by atoms with Crippen LogP contribution in [-0.2, 0) is 5.75 Å². The molecular weight excluding hydrogens is 428 g/mol. The highest BCUT2D eigenvalue weighted by Crippen LogP contribution is 2.27. The minimum absolute atomic E-state index is 0.241. The molecule has 0 fully saturated rings. The number of amides is 3. The fourth-order valence-electron chi connectivity index (χ4n) is 3.45. The Bertz CT molecular complexity index is 1400. The molecule has 2 aromatic carbocycles. The number of imide groups is 1. The largest absolute Gasteiger partial charge is 0.322 e. The van der Waals surface area contributed by atoms with Gasteiger partial charge in [0.15, 0.2) is 5.65 Å². The molecule has 5 rings (SSSR count). The van der Waals surface area contributed by atoms with Crippen LogP contribution in [0.25, 0.3) is 11.0 Å². The smallest absolute Gasteiger partial charge is 0.261 e. The van der Waals surface area contributed by atoms with E-state index in [1.807, 2.05) is 18.2 Å². The summed E-state index contributed by atoms with van der Waals surface area (Å²) in [5, 5.41) is 11.4. The molecule has 3 heterocycles. The van der Waals surface area contributed by atoms with Gasteiger partial charge in [0, 0.05) is 24.1 Å². The Hall–Kier alpha value is -4.05. The van der Waals surface area contributed by atoms with E-state index in [4.69, 9.17) is 0 Å². The van der Waals surface area contributed by atoms with Crippen LogP contribution in [0.5, 0.6) is 0 Å². The number of nitrogens with one attached hydrogen (secondary N) is 2. The van der Waals surface area contributed by atoms with Crippen molar-refractivity contribution in [2.24, 2.45) is 0 Å². The highest BCUT2D eigenvalue weighted by molar-refractivity contribution is 7.98. The number of aromatic nitrogens is 4. The number of nitrogens with zero attached hydrogens (tertiary/aromatic N) is 4. The molecule has 9 nitrogen and oxygen atoms in total. The Kier molecular flexibility index (Phi) is 4.91. The van der Waals surface area contributed by atoms with Gasteiger partial charge in [-0.1, -0.05) is 12.1 Å². The van der Waals surface area contributed by atoms with Crippen LogP contribution in [0.1, 0.15) is 36.6 Å². The number of rotatable bonds is 5. The van der Waals surface area contributed by atoms with Gasteiger partial charge in [0.1, 0.15) is 11.4 Å². The van der Waals surface area contributed by atoms with Crippen molar-refractivity contribution in [1.29, 1.82) is 0 Å². The van der Waals surface area contributed by atoms with Gasteiger partial charge in [-0.05, 0) is 35.9 Å². The molecule has 4 aromatic rings. The molecule has 0 aliphatic carbocycles. The van der Waals surface area contributed by atoms with Gasteiger partial charge in [-0.3, -0.25) is 24.4 Å². The van der Waals surface area contributed by atoms with Crippen LogP contribution >= 0.6 is 11.8 Å². The Labute approximate surface area is 186 Å². The molecule has 0 atom stereocenters. The van der Waals surface area contributed by atoms with E-state index < -0.39 is 5.91 Å². The molecule has 1 aliphatic rings. The van der Waals surface area contributed by atoms with E-state index in [0.29, 0.717) is 28.2 Å². The van der Waals surface area contributed by atoms with Crippen LogP contribution in [0.3, 0.4) is 0 Å². The van der Waals surface area contributed by atoms with E-state index in [-0.39, 0.29) is 17.4 Å². The average Bonchev–Trinajstić information content (AvgIpc) is 3.37. The van der Waals surface area contributed by atoms with Crippen molar-refractivity contribution in [3.63, 3.8) is 0 Å². The lowest BCUT2D eigenvalue weighted by Gasteiger charge is -2.08. The first-order valence-corrected chi connectivity index (χ1v) is 10.6. The number of carbonyl (C=O) groups is 3. The summed E-state index contributed by atoms with van der Waals surface area (Å²) in [6.07, 6.45) is 3.19. The van der Waals surface area contributed by atoms with E-state index in [9.17, 15) is 14.4 Å². The maximum atomic E-state index is 12.7. The first kappa shape index (κ1) is 19.9. The third kappa shape index (κ3) is 3.50. The van der Waals surface area contributed by atoms with E-state index in [2.05, 4.69) is 25.5 Å². The quantitative estimate of drug-likeness (QED) is 0.276. The molecule has 3 amide bonds. The molecule has 0 bridgehead atoms. The molecule has 158 valence electrons. The van der Waals surface area contributed by atoms with Crippen LogP contribution < -0.4 is 5.32 Å². The zero-order chi connectivity index (χ0) is 22.2. The summed E-state index contributed by atoms with van der Waals surface area (Å²) >= 11 is 1.55. The Morgan fingerprint density at radius 1 is 1.09 bits per heavy atom. The number of aromatic amines is 1. The van der Waals surface area contributed by atoms with E-state index >= 15 is 0 Å². The second-order valence-electron chi connectivity index (χ2n) is 7.18. The van der Waals surface area contributed by atoms with Crippen LogP contribution in [0.2, 0.25) is 0 Å². The van der Waals surface area contributed by atoms with E-state index in [0.717, 1.165) is 20.9 Å². The van der Waals surface area contributed by atoms with Crippen LogP contribution in [0.15, 0.2) is 60.0 Å². The van der Waals surface area contributed by atoms with Gasteiger partial charge in [-0.15, -0.1) is 11.8 Å². The summed E-state index contributed by atoms with van der Waals surface area (Å²) in [6, 6.07) is 12.0. The number of hydrogen-bond donors (Lipinski definition) is 2. The molecule has 0 unspecified atom stereocenters. The Morgan fingerprint density at radius 3 is 2.81 bits per heavy atom. The number of anilines is 1. The van der Waals surface area contributed by atoms with Crippen molar-refractivity contribution in [1.82, 2.24) is 25.1 Å². The van der Waals surface area contributed by atoms with Crippen molar-refractivity contribution in [3.8, 4) is 0 Å². The van der Waals surface area contributed by atoms with Gasteiger partial charge in [-0.2, -0.15) is 5.10 Å². The van der Waals surface area contributed by atoms with Gasteiger partial charge < -0.3 is 5.32 Å². The number of thioether (sulfide) groups is 1. The highest BCUT2D eigenvalue weighted by Gasteiger charge is 2.33. The first-order chi connectivity index (χ1) is 15.5. The number of benzene rings is 2. The van der Waals surface area contributed by atoms with E-state index in [1.54, 1.807) is 30.1 Å². The zero-order valence-corrected chi connectivity index (χ0v) is 17.6. The monoisotopic (exact) mass is 444 g/mol. The molecule has 0 radical (unpaired) electrons. The molecule has 0 saturated heterocycles. The summed E-state index contributed by atoms with van der Waals surface area (Å²) in [5.74, 6) is -0.486. The number of carbonyl (C=O) groups excluding carboxylic acids is 3. The topological polar surface area (TPSA) is 121 Å². The molecule has 0 spiro atoms. The molecule has 2 aromatic heterocycles. The standard InChI is InChI=1S/C22H16N6O3S/c1-28-21(30)15-6-5-13(8-16(15)22(28)31)19(29)26-14-4-2-3-12(7-14)10-32-20-17-9-25-27-18(17)23-11-24-20/h2-9,11H,10H2,1H3,(H,26,29)(H,23,24,25,27). The molecule has 2 N–H and O–H groups in total. The number of H-pyrrole nitrogens is 1. The van der Waals surface area contributed by atoms with Crippen LogP contribution in [-0.4, -0.2) is 49.8 Å². The van der Waals surface area contributed by atoms with Crippen LogP contribution in [0.4, 0.5) is 5.69 Å². The summed E-state index contributed by atoms with van der Waals surface area (Å²) in [5.41, 5.74) is 3.17. The summed E-state index contributed by atoms with van der Waals surface area (Å²) in [4.78, 5) is 46.5. The normalized spacial score (nSPS) is 13.0. The molecular formula is C22H16N6O3S. The van der Waals surface area contributed by atoms with Crippen molar-refractivity contribution >= 4 is 46.2 Å². The highest BCUT2D eigenvalue weighted by atomic mass is 32.2. The summed E-state index contributed by atoms with van der Waals surface area (Å²) in [6.45, 7) is 0. The Balaban J connectivity index is 1.30. The molecule has 10 heteroatoms. The van der Waals surface area contributed by atoms with Gasteiger partial charge >= 0.3 is 0 Å². The van der Waals surface area contributed by atoms with Crippen molar-refractivity contribution in [2.75, 3.05) is 12.4 Å². The lowest BCUT2D eigenvalue weighted by Crippen LogP contribution is -2.24. The minimum atomic E-state index is -0.407. The minimum Gasteiger partial charge on any atom is -0.322 e. The molecule has 32 heavy (non-hydrogen) atoms. The summed E-state index contributed by atoms with van der Waals surface area (Å²) in [7, 11) is 1.42. The second kappa shape index (κ2) is 7.89. The summed E-state index contributed by atoms with van der Waals surface area (Å²) < 4.78 is 0. The predicted octanol–water partition coefficient (Wildman–Crippen LogP) is 3.12. The molecule has 0 saturated carbocycles. The fourth-order valence-corrected chi connectivity index (χ4v) is 4.36. The predicted molar refractivity (Wildman–Crippen MR) is 119 cm³/mol. The van der Waals surface area contributed by atoms with Crippen LogP contribution in [0, 0.1) is 0 Å². The first-order valence-electron chi connectivity index (χ1n) is 9.65.